The van der Waals surface area contributed by atoms with Crippen LogP contribution in [0.3, 0.4) is 0 Å². The summed E-state index contributed by atoms with van der Waals surface area (Å²) in [5.41, 5.74) is 7.80. The van der Waals surface area contributed by atoms with E-state index >= 15 is 0 Å². The van der Waals surface area contributed by atoms with Gasteiger partial charge >= 0.3 is 0 Å². The van der Waals surface area contributed by atoms with Crippen molar-refractivity contribution >= 4 is 15.9 Å². The Kier molecular flexibility index (Phi) is 2.51. The molecule has 0 atom stereocenters. The van der Waals surface area contributed by atoms with Crippen molar-refractivity contribution in [2.75, 3.05) is 5.73 Å². The van der Waals surface area contributed by atoms with E-state index in [2.05, 4.69) is 12.1 Å². The first-order valence-corrected chi connectivity index (χ1v) is 5.08. The monoisotopic (exact) mass is 151 g/mol. The highest BCUT2D eigenvalue weighted by Crippen LogP contribution is 2.06. The van der Waals surface area contributed by atoms with E-state index < -0.39 is 0 Å². The smallest absolute Gasteiger partial charge is 0.0314 e. The van der Waals surface area contributed by atoms with Crippen molar-refractivity contribution in [3.05, 3.63) is 29.8 Å². The molecule has 0 aromatic heterocycles. The van der Waals surface area contributed by atoms with E-state index in [1.165, 1.54) is 28.3 Å². The van der Waals surface area contributed by atoms with Crippen molar-refractivity contribution in [1.29, 1.82) is 0 Å². The van der Waals surface area contributed by atoms with Crippen LogP contribution in [0.15, 0.2) is 24.3 Å². The first-order chi connectivity index (χ1) is 4.83. The number of hydrogen-bond donors (Lipinski definition) is 1. The van der Waals surface area contributed by atoms with Gasteiger partial charge in [-0.15, -0.1) is 0 Å². The fourth-order valence-electron chi connectivity index (χ4n) is 0.973. The molecule has 0 aliphatic heterocycles. The predicted octanol–water partition coefficient (Wildman–Crippen LogP) is 0.595. The normalized spacial score (nSPS) is 10.0. The number of aryl methyl sites for hydroxylation is 1. The molecule has 0 aliphatic carbocycles. The molecular weight excluding hydrogens is 138 g/mol. The Balaban J connectivity index is 2.69. The van der Waals surface area contributed by atoms with Crippen LogP contribution in [0.1, 0.15) is 5.56 Å². The van der Waals surface area contributed by atoms with Gasteiger partial charge in [0, 0.05) is 15.9 Å². The SMILES string of the molecule is Nc1ccc(CC[SiH3])cc1. The lowest BCUT2D eigenvalue weighted by molar-refractivity contribution is 1.13. The quantitative estimate of drug-likeness (QED) is 0.486. The maximum atomic E-state index is 5.53. The summed E-state index contributed by atoms with van der Waals surface area (Å²) in [6, 6.07) is 9.48. The number of rotatable bonds is 2. The van der Waals surface area contributed by atoms with Crippen molar-refractivity contribution in [3.8, 4) is 0 Å². The van der Waals surface area contributed by atoms with Crippen molar-refractivity contribution in [2.24, 2.45) is 0 Å². The highest BCUT2D eigenvalue weighted by atomic mass is 28.1. The zero-order chi connectivity index (χ0) is 7.40. The lowest BCUT2D eigenvalue weighted by atomic mass is 10.2. The van der Waals surface area contributed by atoms with E-state index in [9.17, 15) is 0 Å². The summed E-state index contributed by atoms with van der Waals surface area (Å²) < 4.78 is 0. The highest BCUT2D eigenvalue weighted by molar-refractivity contribution is 6.08. The molecule has 1 aromatic carbocycles. The standard InChI is InChI=1S/C8H13NSi/c9-8-3-1-7(2-4-8)5-6-10/h1-4H,5-6,9H2,10H3. The maximum absolute atomic E-state index is 5.53. The summed E-state index contributed by atoms with van der Waals surface area (Å²) >= 11 is 0. The Morgan fingerprint density at radius 2 is 1.80 bits per heavy atom. The molecule has 2 N–H and O–H groups in total. The summed E-state index contributed by atoms with van der Waals surface area (Å²) in [6.07, 6.45) is 1.21. The lowest BCUT2D eigenvalue weighted by Gasteiger charge is -1.97. The summed E-state index contributed by atoms with van der Waals surface area (Å²) in [5, 5.41) is 0. The van der Waals surface area contributed by atoms with Gasteiger partial charge in [0.2, 0.25) is 0 Å². The Bertz CT molecular complexity index is 193. The summed E-state index contributed by atoms with van der Waals surface area (Å²) in [4.78, 5) is 0. The third-order valence-corrected chi connectivity index (χ3v) is 2.02. The van der Waals surface area contributed by atoms with Crippen LogP contribution in [0.5, 0.6) is 0 Å². The van der Waals surface area contributed by atoms with Gasteiger partial charge in [0.25, 0.3) is 0 Å². The topological polar surface area (TPSA) is 26.0 Å². The Hall–Kier alpha value is -0.763. The van der Waals surface area contributed by atoms with Gasteiger partial charge in [0.1, 0.15) is 0 Å². The van der Waals surface area contributed by atoms with Crippen LogP contribution >= 0.6 is 0 Å². The average Bonchev–Trinajstić information content (AvgIpc) is 1.95. The minimum absolute atomic E-state index is 0.858. The number of anilines is 1. The molecule has 0 spiro atoms. The zero-order valence-corrected chi connectivity index (χ0v) is 8.30. The van der Waals surface area contributed by atoms with Gasteiger partial charge < -0.3 is 5.73 Å². The van der Waals surface area contributed by atoms with Crippen molar-refractivity contribution in [1.82, 2.24) is 0 Å². The second kappa shape index (κ2) is 3.42. The van der Waals surface area contributed by atoms with Crippen LogP contribution in [-0.2, 0) is 6.42 Å². The van der Waals surface area contributed by atoms with Crippen molar-refractivity contribution in [2.45, 2.75) is 12.5 Å². The molecule has 0 unspecified atom stereocenters. The zero-order valence-electron chi connectivity index (χ0n) is 6.30. The molecule has 1 aromatic rings. The fraction of sp³-hybridized carbons (Fsp3) is 0.250. The molecule has 1 nitrogen and oxygen atoms in total. The van der Waals surface area contributed by atoms with Crippen LogP contribution in [0.2, 0.25) is 6.04 Å². The molecule has 0 bridgehead atoms. The largest absolute Gasteiger partial charge is 0.399 e. The summed E-state index contributed by atoms with van der Waals surface area (Å²) in [6.45, 7) is 0. The van der Waals surface area contributed by atoms with Gasteiger partial charge in [0.15, 0.2) is 0 Å². The predicted molar refractivity (Wildman–Crippen MR) is 49.3 cm³/mol. The minimum Gasteiger partial charge on any atom is -0.399 e. The molecule has 0 radical (unpaired) electrons. The number of hydrogen-bond acceptors (Lipinski definition) is 1. The van der Waals surface area contributed by atoms with Gasteiger partial charge in [-0.1, -0.05) is 18.2 Å². The third kappa shape index (κ3) is 1.88. The molecule has 0 aliphatic rings. The second-order valence-electron chi connectivity index (χ2n) is 2.49. The fourth-order valence-corrected chi connectivity index (χ4v) is 1.55. The van der Waals surface area contributed by atoms with Crippen LogP contribution in [0, 0.1) is 0 Å². The average molecular weight is 151 g/mol. The first kappa shape index (κ1) is 7.35. The molecular formula is C8H13NSi. The highest BCUT2D eigenvalue weighted by Gasteiger charge is 1.88. The van der Waals surface area contributed by atoms with Crippen LogP contribution in [-0.4, -0.2) is 10.2 Å². The van der Waals surface area contributed by atoms with E-state index in [0.29, 0.717) is 0 Å². The molecule has 54 valence electrons. The van der Waals surface area contributed by atoms with Crippen LogP contribution in [0.25, 0.3) is 0 Å². The van der Waals surface area contributed by atoms with E-state index in [1.54, 1.807) is 0 Å². The first-order valence-electron chi connectivity index (χ1n) is 3.67. The van der Waals surface area contributed by atoms with Gasteiger partial charge in [-0.3, -0.25) is 0 Å². The maximum Gasteiger partial charge on any atom is 0.0314 e. The molecule has 1 rings (SSSR count). The van der Waals surface area contributed by atoms with Crippen LogP contribution in [0.4, 0.5) is 5.69 Å². The van der Waals surface area contributed by atoms with Crippen LogP contribution < -0.4 is 5.73 Å². The second-order valence-corrected chi connectivity index (χ2v) is 3.49. The molecule has 0 saturated heterocycles. The Labute approximate surface area is 64.7 Å². The van der Waals surface area contributed by atoms with E-state index in [-0.39, 0.29) is 0 Å². The van der Waals surface area contributed by atoms with E-state index in [0.717, 1.165) is 5.69 Å². The van der Waals surface area contributed by atoms with Gasteiger partial charge in [0.05, 0.1) is 0 Å². The van der Waals surface area contributed by atoms with Gasteiger partial charge in [-0.2, -0.15) is 0 Å². The van der Waals surface area contributed by atoms with Crippen molar-refractivity contribution < 1.29 is 0 Å². The molecule has 0 amide bonds. The number of nitrogen functional groups attached to an aromatic ring is 1. The minimum atomic E-state index is 0.858. The van der Waals surface area contributed by atoms with Crippen molar-refractivity contribution in [3.63, 3.8) is 0 Å². The Morgan fingerprint density at radius 1 is 1.20 bits per heavy atom. The molecule has 10 heavy (non-hydrogen) atoms. The Morgan fingerprint density at radius 3 is 2.30 bits per heavy atom. The summed E-state index contributed by atoms with van der Waals surface area (Å²) in [7, 11) is 1.29. The third-order valence-electron chi connectivity index (χ3n) is 1.52. The lowest BCUT2D eigenvalue weighted by Crippen LogP contribution is -1.86. The van der Waals surface area contributed by atoms with E-state index in [4.69, 9.17) is 5.73 Å². The number of nitrogens with two attached hydrogens (primary N) is 1. The van der Waals surface area contributed by atoms with E-state index in [1.807, 2.05) is 12.1 Å². The molecule has 0 fully saturated rings. The molecule has 2 heteroatoms. The number of benzene rings is 1. The molecule has 0 heterocycles. The molecule has 0 saturated carbocycles. The summed E-state index contributed by atoms with van der Waals surface area (Å²) in [5.74, 6) is 0. The van der Waals surface area contributed by atoms with Gasteiger partial charge in [-0.05, 0) is 24.1 Å². The van der Waals surface area contributed by atoms with Gasteiger partial charge in [-0.25, -0.2) is 0 Å².